The van der Waals surface area contributed by atoms with Gasteiger partial charge in [0.2, 0.25) is 0 Å². The lowest BCUT2D eigenvalue weighted by Gasteiger charge is -2.12. The second-order valence-electron chi connectivity index (χ2n) is 5.18. The van der Waals surface area contributed by atoms with E-state index in [9.17, 15) is 0 Å². The Labute approximate surface area is 130 Å². The SMILES string of the molecule is Cc1cc(Cl)nc(Cl)c1NCc1ccc(C(C)C)cc1. The van der Waals surface area contributed by atoms with Crippen molar-refractivity contribution < 1.29 is 0 Å². The number of nitrogens with one attached hydrogen (secondary N) is 1. The van der Waals surface area contributed by atoms with Crippen LogP contribution in [0.1, 0.15) is 36.5 Å². The molecule has 2 rings (SSSR count). The Morgan fingerprint density at radius 1 is 1.15 bits per heavy atom. The molecule has 0 aliphatic rings. The van der Waals surface area contributed by atoms with Gasteiger partial charge in [-0.15, -0.1) is 0 Å². The number of hydrogen-bond donors (Lipinski definition) is 1. The van der Waals surface area contributed by atoms with E-state index < -0.39 is 0 Å². The average Bonchev–Trinajstić information content (AvgIpc) is 2.38. The van der Waals surface area contributed by atoms with Crippen LogP contribution < -0.4 is 5.32 Å². The largest absolute Gasteiger partial charge is 0.378 e. The Morgan fingerprint density at radius 2 is 1.80 bits per heavy atom. The zero-order valence-corrected chi connectivity index (χ0v) is 13.4. The summed E-state index contributed by atoms with van der Waals surface area (Å²) in [5.41, 5.74) is 4.38. The number of halogens is 2. The van der Waals surface area contributed by atoms with Gasteiger partial charge in [-0.2, -0.15) is 0 Å². The predicted molar refractivity (Wildman–Crippen MR) is 86.9 cm³/mol. The first-order valence-corrected chi connectivity index (χ1v) is 7.38. The Bertz CT molecular complexity index is 569. The standard InChI is InChI=1S/C16H18Cl2N2/c1-10(2)13-6-4-12(5-7-13)9-19-15-11(3)8-14(17)20-16(15)18/h4-8,10,19H,9H2,1-3H3. The maximum atomic E-state index is 6.11. The van der Waals surface area contributed by atoms with Gasteiger partial charge in [0.15, 0.2) is 5.15 Å². The highest BCUT2D eigenvalue weighted by molar-refractivity contribution is 6.34. The summed E-state index contributed by atoms with van der Waals surface area (Å²) in [5.74, 6) is 0.550. The van der Waals surface area contributed by atoms with Crippen molar-refractivity contribution in [3.63, 3.8) is 0 Å². The fourth-order valence-corrected chi connectivity index (χ4v) is 2.62. The minimum absolute atomic E-state index is 0.411. The fourth-order valence-electron chi connectivity index (χ4n) is 2.02. The van der Waals surface area contributed by atoms with Crippen molar-refractivity contribution in [2.24, 2.45) is 0 Å². The first kappa shape index (κ1) is 15.1. The van der Waals surface area contributed by atoms with E-state index in [-0.39, 0.29) is 0 Å². The Kier molecular flexibility index (Phi) is 4.90. The van der Waals surface area contributed by atoms with Gasteiger partial charge < -0.3 is 5.32 Å². The number of anilines is 1. The van der Waals surface area contributed by atoms with Crippen LogP contribution in [0.3, 0.4) is 0 Å². The highest BCUT2D eigenvalue weighted by atomic mass is 35.5. The first-order valence-electron chi connectivity index (χ1n) is 6.62. The Balaban J connectivity index is 2.09. The van der Waals surface area contributed by atoms with Gasteiger partial charge >= 0.3 is 0 Å². The van der Waals surface area contributed by atoms with Crippen LogP contribution in [0.15, 0.2) is 30.3 Å². The Hall–Kier alpha value is -1.25. The molecule has 1 aromatic heterocycles. The highest BCUT2D eigenvalue weighted by Crippen LogP contribution is 2.27. The fraction of sp³-hybridized carbons (Fsp3) is 0.312. The summed E-state index contributed by atoms with van der Waals surface area (Å²) in [7, 11) is 0. The van der Waals surface area contributed by atoms with Crippen molar-refractivity contribution in [3.8, 4) is 0 Å². The van der Waals surface area contributed by atoms with Crippen LogP contribution in [0.25, 0.3) is 0 Å². The Morgan fingerprint density at radius 3 is 2.35 bits per heavy atom. The highest BCUT2D eigenvalue weighted by Gasteiger charge is 2.07. The predicted octanol–water partition coefficient (Wildman–Crippen LogP) is 5.43. The molecule has 0 unspecified atom stereocenters. The lowest BCUT2D eigenvalue weighted by molar-refractivity contribution is 0.865. The number of rotatable bonds is 4. The summed E-state index contributed by atoms with van der Waals surface area (Å²) < 4.78 is 0. The molecule has 0 aliphatic heterocycles. The molecule has 0 saturated heterocycles. The molecule has 0 spiro atoms. The van der Waals surface area contributed by atoms with Crippen molar-refractivity contribution in [1.29, 1.82) is 0 Å². The maximum Gasteiger partial charge on any atom is 0.154 e. The average molecular weight is 309 g/mol. The van der Waals surface area contributed by atoms with Crippen LogP contribution in [0.4, 0.5) is 5.69 Å². The van der Waals surface area contributed by atoms with Crippen LogP contribution in [-0.4, -0.2) is 4.98 Å². The van der Waals surface area contributed by atoms with Gasteiger partial charge in [0, 0.05) is 6.54 Å². The van der Waals surface area contributed by atoms with Crippen LogP contribution in [0, 0.1) is 6.92 Å². The molecule has 0 aliphatic carbocycles. The number of aryl methyl sites for hydroxylation is 1. The topological polar surface area (TPSA) is 24.9 Å². The lowest BCUT2D eigenvalue weighted by Crippen LogP contribution is -2.03. The third kappa shape index (κ3) is 3.65. The minimum atomic E-state index is 0.411. The van der Waals surface area contributed by atoms with E-state index in [1.54, 1.807) is 6.07 Å². The quantitative estimate of drug-likeness (QED) is 0.761. The van der Waals surface area contributed by atoms with Crippen LogP contribution in [0.5, 0.6) is 0 Å². The zero-order valence-electron chi connectivity index (χ0n) is 11.9. The lowest BCUT2D eigenvalue weighted by atomic mass is 10.0. The van der Waals surface area contributed by atoms with E-state index in [1.807, 2.05) is 6.92 Å². The summed E-state index contributed by atoms with van der Waals surface area (Å²) in [6.45, 7) is 7.05. The van der Waals surface area contributed by atoms with E-state index in [1.165, 1.54) is 11.1 Å². The molecule has 2 aromatic rings. The molecule has 0 amide bonds. The van der Waals surface area contributed by atoms with Crippen molar-refractivity contribution >= 4 is 28.9 Å². The minimum Gasteiger partial charge on any atom is -0.378 e. The maximum absolute atomic E-state index is 6.11. The molecule has 20 heavy (non-hydrogen) atoms. The van der Waals surface area contributed by atoms with E-state index in [0.717, 1.165) is 11.3 Å². The van der Waals surface area contributed by atoms with Crippen LogP contribution in [-0.2, 0) is 6.54 Å². The molecule has 1 aromatic carbocycles. The molecule has 1 heterocycles. The van der Waals surface area contributed by atoms with E-state index >= 15 is 0 Å². The molecule has 0 radical (unpaired) electrons. The van der Waals surface area contributed by atoms with Gasteiger partial charge in [-0.3, -0.25) is 0 Å². The molecule has 106 valence electrons. The third-order valence-electron chi connectivity index (χ3n) is 3.26. The van der Waals surface area contributed by atoms with Crippen molar-refractivity contribution in [1.82, 2.24) is 4.98 Å². The smallest absolute Gasteiger partial charge is 0.154 e. The van der Waals surface area contributed by atoms with Gasteiger partial charge in [0.1, 0.15) is 5.15 Å². The molecule has 2 nitrogen and oxygen atoms in total. The number of pyridine rings is 1. The van der Waals surface area contributed by atoms with Crippen LogP contribution in [0.2, 0.25) is 10.3 Å². The number of nitrogens with zero attached hydrogens (tertiary/aromatic N) is 1. The summed E-state index contributed by atoms with van der Waals surface area (Å²) >= 11 is 12.0. The van der Waals surface area contributed by atoms with E-state index in [4.69, 9.17) is 23.2 Å². The van der Waals surface area contributed by atoms with Gasteiger partial charge in [0.25, 0.3) is 0 Å². The molecular weight excluding hydrogens is 291 g/mol. The second-order valence-corrected chi connectivity index (χ2v) is 5.92. The van der Waals surface area contributed by atoms with Crippen LogP contribution >= 0.6 is 23.2 Å². The summed E-state index contributed by atoms with van der Waals surface area (Å²) in [4.78, 5) is 4.05. The normalized spacial score (nSPS) is 10.9. The number of aromatic nitrogens is 1. The monoisotopic (exact) mass is 308 g/mol. The summed E-state index contributed by atoms with van der Waals surface area (Å²) in [6.07, 6.45) is 0. The van der Waals surface area contributed by atoms with Crippen molar-refractivity contribution in [2.45, 2.75) is 33.2 Å². The summed E-state index contributed by atoms with van der Waals surface area (Å²) in [6, 6.07) is 10.4. The number of hydrogen-bond acceptors (Lipinski definition) is 2. The van der Waals surface area contributed by atoms with Gasteiger partial charge in [-0.25, -0.2) is 4.98 Å². The molecule has 0 atom stereocenters. The van der Waals surface area contributed by atoms with Gasteiger partial charge in [-0.05, 0) is 35.6 Å². The van der Waals surface area contributed by atoms with E-state index in [0.29, 0.717) is 22.8 Å². The number of benzene rings is 1. The molecule has 0 fully saturated rings. The second kappa shape index (κ2) is 6.47. The molecule has 1 N–H and O–H groups in total. The molecular formula is C16H18Cl2N2. The van der Waals surface area contributed by atoms with Crippen molar-refractivity contribution in [2.75, 3.05) is 5.32 Å². The van der Waals surface area contributed by atoms with Gasteiger partial charge in [-0.1, -0.05) is 61.3 Å². The first-order chi connectivity index (χ1) is 9.47. The summed E-state index contributed by atoms with van der Waals surface area (Å²) in [5, 5.41) is 4.15. The van der Waals surface area contributed by atoms with Gasteiger partial charge in [0.05, 0.1) is 5.69 Å². The third-order valence-corrected chi connectivity index (χ3v) is 3.72. The van der Waals surface area contributed by atoms with E-state index in [2.05, 4.69) is 48.4 Å². The molecule has 0 bridgehead atoms. The zero-order chi connectivity index (χ0) is 14.7. The van der Waals surface area contributed by atoms with Crippen molar-refractivity contribution in [3.05, 3.63) is 57.3 Å². The molecule has 0 saturated carbocycles. The molecule has 4 heteroatoms.